The van der Waals surface area contributed by atoms with Gasteiger partial charge in [0, 0.05) is 23.1 Å². The minimum atomic E-state index is -0.210. The lowest BCUT2D eigenvalue weighted by Crippen LogP contribution is -2.15. The Labute approximate surface area is 118 Å². The number of benzene rings is 1. The van der Waals surface area contributed by atoms with Crippen molar-refractivity contribution in [1.82, 2.24) is 4.98 Å². The van der Waals surface area contributed by atoms with Crippen molar-refractivity contribution in [3.63, 3.8) is 0 Å². The van der Waals surface area contributed by atoms with E-state index in [2.05, 4.69) is 4.98 Å². The van der Waals surface area contributed by atoms with Crippen molar-refractivity contribution in [3.05, 3.63) is 47.5 Å². The van der Waals surface area contributed by atoms with Crippen LogP contribution in [-0.4, -0.2) is 4.98 Å². The summed E-state index contributed by atoms with van der Waals surface area (Å²) >= 11 is 0. The molecule has 0 bridgehead atoms. The third-order valence-corrected chi connectivity index (χ3v) is 4.17. The van der Waals surface area contributed by atoms with Crippen LogP contribution < -0.4 is 5.73 Å². The molecule has 1 heterocycles. The molecule has 0 radical (unpaired) electrons. The Kier molecular flexibility index (Phi) is 3.43. The van der Waals surface area contributed by atoms with Gasteiger partial charge in [0.25, 0.3) is 0 Å². The first-order valence-corrected chi connectivity index (χ1v) is 7.14. The maximum Gasteiger partial charge on any atom is 0.124 e. The van der Waals surface area contributed by atoms with Gasteiger partial charge in [0.05, 0.1) is 0 Å². The molecule has 2 nitrogen and oxygen atoms in total. The zero-order valence-corrected chi connectivity index (χ0v) is 11.7. The number of aromatic nitrogens is 1. The Morgan fingerprint density at radius 1 is 1.30 bits per heavy atom. The van der Waals surface area contributed by atoms with E-state index in [0.29, 0.717) is 11.6 Å². The summed E-state index contributed by atoms with van der Waals surface area (Å²) in [6.45, 7) is 1.92. The van der Waals surface area contributed by atoms with Crippen LogP contribution in [0.5, 0.6) is 0 Å². The first kappa shape index (κ1) is 13.1. The van der Waals surface area contributed by atoms with Gasteiger partial charge in [0.1, 0.15) is 5.82 Å². The van der Waals surface area contributed by atoms with Crippen molar-refractivity contribution in [1.29, 1.82) is 0 Å². The maximum absolute atomic E-state index is 13.9. The first-order valence-electron chi connectivity index (χ1n) is 7.14. The van der Waals surface area contributed by atoms with E-state index in [4.69, 9.17) is 5.73 Å². The molecule has 0 spiro atoms. The van der Waals surface area contributed by atoms with Crippen LogP contribution in [0.3, 0.4) is 0 Å². The normalized spacial score (nSPS) is 15.1. The fourth-order valence-electron chi connectivity index (χ4n) is 2.80. The fourth-order valence-corrected chi connectivity index (χ4v) is 2.80. The summed E-state index contributed by atoms with van der Waals surface area (Å²) in [6.07, 6.45) is 6.39. The Balaban J connectivity index is 2.01. The highest BCUT2D eigenvalue weighted by Gasteiger charge is 2.20. The lowest BCUT2D eigenvalue weighted by atomic mass is 9.80. The van der Waals surface area contributed by atoms with Crippen LogP contribution in [0.15, 0.2) is 30.5 Å². The second kappa shape index (κ2) is 5.23. The van der Waals surface area contributed by atoms with Gasteiger partial charge in [-0.2, -0.15) is 0 Å². The number of nitrogens with zero attached hydrogens (tertiary/aromatic N) is 1. The summed E-state index contributed by atoms with van der Waals surface area (Å²) < 4.78 is 13.9. The predicted octanol–water partition coefficient (Wildman–Crippen LogP) is 4.12. The topological polar surface area (TPSA) is 38.9 Å². The molecule has 0 amide bonds. The summed E-state index contributed by atoms with van der Waals surface area (Å²) in [6, 6.07) is 6.93. The number of rotatable bonds is 3. The molecule has 2 aromatic rings. The van der Waals surface area contributed by atoms with Gasteiger partial charge in [-0.05, 0) is 54.7 Å². The molecule has 20 heavy (non-hydrogen) atoms. The standard InChI is InChI=1S/C17H19FN2/c1-11-7-13(5-6-20-11)16-10-15(18)9-14(17(16)19)8-12-3-2-4-12/h5-7,9-10,12H,2-4,8,19H2,1H3. The second-order valence-corrected chi connectivity index (χ2v) is 5.71. The largest absolute Gasteiger partial charge is 0.398 e. The van der Waals surface area contributed by atoms with Crippen LogP contribution in [0.2, 0.25) is 0 Å². The van der Waals surface area contributed by atoms with Crippen molar-refractivity contribution >= 4 is 5.69 Å². The lowest BCUT2D eigenvalue weighted by molar-refractivity contribution is 0.314. The molecule has 2 N–H and O–H groups in total. The Morgan fingerprint density at radius 3 is 2.75 bits per heavy atom. The summed E-state index contributed by atoms with van der Waals surface area (Å²) in [4.78, 5) is 4.18. The van der Waals surface area contributed by atoms with Crippen LogP contribution in [0, 0.1) is 18.7 Å². The molecule has 1 fully saturated rings. The number of nitrogens with two attached hydrogens (primary N) is 1. The third kappa shape index (κ3) is 2.53. The lowest BCUT2D eigenvalue weighted by Gasteiger charge is -2.26. The van der Waals surface area contributed by atoms with E-state index >= 15 is 0 Å². The maximum atomic E-state index is 13.9. The van der Waals surface area contributed by atoms with Crippen molar-refractivity contribution in [2.45, 2.75) is 32.6 Å². The van der Waals surface area contributed by atoms with Crippen molar-refractivity contribution in [2.24, 2.45) is 5.92 Å². The van der Waals surface area contributed by atoms with E-state index in [-0.39, 0.29) is 5.82 Å². The van der Waals surface area contributed by atoms with E-state index in [1.807, 2.05) is 19.1 Å². The van der Waals surface area contributed by atoms with Gasteiger partial charge in [-0.15, -0.1) is 0 Å². The molecule has 0 saturated heterocycles. The SMILES string of the molecule is Cc1cc(-c2cc(F)cc(CC3CCC3)c2N)ccn1. The average molecular weight is 270 g/mol. The van der Waals surface area contributed by atoms with E-state index in [1.165, 1.54) is 25.3 Å². The molecule has 104 valence electrons. The molecule has 1 aromatic heterocycles. The zero-order valence-electron chi connectivity index (χ0n) is 11.7. The molecule has 1 saturated carbocycles. The minimum Gasteiger partial charge on any atom is -0.398 e. The molecular formula is C17H19FN2. The highest BCUT2D eigenvalue weighted by atomic mass is 19.1. The number of pyridine rings is 1. The van der Waals surface area contributed by atoms with Crippen LogP contribution in [0.1, 0.15) is 30.5 Å². The molecule has 1 aromatic carbocycles. The Bertz CT molecular complexity index is 633. The number of halogens is 1. The monoisotopic (exact) mass is 270 g/mol. The van der Waals surface area contributed by atoms with Gasteiger partial charge in [-0.25, -0.2) is 4.39 Å². The summed E-state index contributed by atoms with van der Waals surface area (Å²) in [7, 11) is 0. The Morgan fingerprint density at radius 2 is 2.10 bits per heavy atom. The molecule has 0 atom stereocenters. The van der Waals surface area contributed by atoms with E-state index in [0.717, 1.165) is 28.8 Å². The molecule has 0 aliphatic heterocycles. The number of hydrogen-bond donors (Lipinski definition) is 1. The molecule has 3 rings (SSSR count). The molecule has 3 heteroatoms. The summed E-state index contributed by atoms with van der Waals surface area (Å²) in [5, 5.41) is 0. The number of hydrogen-bond acceptors (Lipinski definition) is 2. The zero-order chi connectivity index (χ0) is 14.1. The predicted molar refractivity (Wildman–Crippen MR) is 79.8 cm³/mol. The minimum absolute atomic E-state index is 0.210. The highest BCUT2D eigenvalue weighted by Crippen LogP contribution is 2.35. The molecular weight excluding hydrogens is 251 g/mol. The van der Waals surface area contributed by atoms with Crippen LogP contribution in [0.25, 0.3) is 11.1 Å². The summed E-state index contributed by atoms with van der Waals surface area (Å²) in [5.41, 5.74) is 10.6. The van der Waals surface area contributed by atoms with Crippen molar-refractivity contribution < 1.29 is 4.39 Å². The molecule has 1 aliphatic carbocycles. The number of aryl methyl sites for hydroxylation is 1. The van der Waals surface area contributed by atoms with Crippen LogP contribution >= 0.6 is 0 Å². The van der Waals surface area contributed by atoms with Crippen LogP contribution in [-0.2, 0) is 6.42 Å². The molecule has 0 unspecified atom stereocenters. The van der Waals surface area contributed by atoms with Gasteiger partial charge in [0.2, 0.25) is 0 Å². The van der Waals surface area contributed by atoms with Gasteiger partial charge in [0.15, 0.2) is 0 Å². The first-order chi connectivity index (χ1) is 9.63. The third-order valence-electron chi connectivity index (χ3n) is 4.17. The van der Waals surface area contributed by atoms with Gasteiger partial charge < -0.3 is 5.73 Å². The second-order valence-electron chi connectivity index (χ2n) is 5.71. The fraction of sp³-hybridized carbons (Fsp3) is 0.353. The summed E-state index contributed by atoms with van der Waals surface area (Å²) in [5.74, 6) is 0.462. The van der Waals surface area contributed by atoms with E-state index in [1.54, 1.807) is 12.3 Å². The number of nitrogen functional groups attached to an aromatic ring is 1. The number of anilines is 1. The smallest absolute Gasteiger partial charge is 0.124 e. The van der Waals surface area contributed by atoms with Crippen LogP contribution in [0.4, 0.5) is 10.1 Å². The van der Waals surface area contributed by atoms with E-state index < -0.39 is 0 Å². The van der Waals surface area contributed by atoms with Gasteiger partial charge in [-0.3, -0.25) is 4.98 Å². The van der Waals surface area contributed by atoms with Gasteiger partial charge in [-0.1, -0.05) is 19.3 Å². The van der Waals surface area contributed by atoms with Crippen molar-refractivity contribution in [3.8, 4) is 11.1 Å². The van der Waals surface area contributed by atoms with Gasteiger partial charge >= 0.3 is 0 Å². The average Bonchev–Trinajstić information content (AvgIpc) is 2.37. The molecule has 1 aliphatic rings. The quantitative estimate of drug-likeness (QED) is 0.852. The van der Waals surface area contributed by atoms with Crippen molar-refractivity contribution in [2.75, 3.05) is 5.73 Å². The Hall–Kier alpha value is -1.90. The highest BCUT2D eigenvalue weighted by molar-refractivity contribution is 5.78. The van der Waals surface area contributed by atoms with E-state index in [9.17, 15) is 4.39 Å².